The van der Waals surface area contributed by atoms with Gasteiger partial charge >= 0.3 is 5.97 Å². The fraction of sp³-hybridized carbons (Fsp3) is 0.417. The van der Waals surface area contributed by atoms with Gasteiger partial charge in [0.25, 0.3) is 0 Å². The van der Waals surface area contributed by atoms with Gasteiger partial charge in [-0.15, -0.1) is 0 Å². The number of methoxy groups -OCH3 is 1. The van der Waals surface area contributed by atoms with Gasteiger partial charge in [-0.3, -0.25) is 4.79 Å². The number of rotatable bonds is 3. The molecule has 0 atom stereocenters. The zero-order chi connectivity index (χ0) is 12.5. The Labute approximate surface area is 100.0 Å². The van der Waals surface area contributed by atoms with E-state index in [1.54, 1.807) is 26.0 Å². The second kappa shape index (κ2) is 4.34. The van der Waals surface area contributed by atoms with Crippen molar-refractivity contribution in [3.05, 3.63) is 28.3 Å². The number of ether oxygens (including phenoxy) is 1. The maximum absolute atomic E-state index is 11.2. The Balaban J connectivity index is 3.37. The Morgan fingerprint density at radius 2 is 2.00 bits per heavy atom. The summed E-state index contributed by atoms with van der Waals surface area (Å²) in [5.74, 6) is -0.319. The van der Waals surface area contributed by atoms with Gasteiger partial charge < -0.3 is 9.84 Å². The number of halogens is 1. The van der Waals surface area contributed by atoms with Crippen LogP contribution < -0.4 is 4.74 Å². The van der Waals surface area contributed by atoms with Crippen molar-refractivity contribution in [1.82, 2.24) is 0 Å². The average Bonchev–Trinajstić information content (AvgIpc) is 2.20. The van der Waals surface area contributed by atoms with Crippen LogP contribution in [0.25, 0.3) is 0 Å². The molecule has 0 aromatic heterocycles. The van der Waals surface area contributed by atoms with Gasteiger partial charge in [-0.1, -0.05) is 11.6 Å². The molecule has 0 aliphatic heterocycles. The summed E-state index contributed by atoms with van der Waals surface area (Å²) in [5.41, 5.74) is 0.597. The van der Waals surface area contributed by atoms with E-state index in [2.05, 4.69) is 0 Å². The summed E-state index contributed by atoms with van der Waals surface area (Å²) in [6.07, 6.45) is 0. The minimum absolute atomic E-state index is 0.428. The molecule has 0 bridgehead atoms. The lowest BCUT2D eigenvalue weighted by Gasteiger charge is -2.23. The molecule has 1 N–H and O–H groups in total. The molecular formula is C12H15ClO3. The van der Waals surface area contributed by atoms with Crippen LogP contribution in [0.4, 0.5) is 0 Å². The molecule has 0 heterocycles. The Bertz CT molecular complexity index is 425. The average molecular weight is 243 g/mol. The first-order valence-electron chi connectivity index (χ1n) is 4.88. The second-order valence-electron chi connectivity index (χ2n) is 4.23. The highest BCUT2D eigenvalue weighted by Gasteiger charge is 2.31. The van der Waals surface area contributed by atoms with E-state index in [0.29, 0.717) is 16.3 Å². The first kappa shape index (κ1) is 12.8. The number of aliphatic carboxylic acids is 1. The predicted molar refractivity (Wildman–Crippen MR) is 63.4 cm³/mol. The summed E-state index contributed by atoms with van der Waals surface area (Å²) >= 11 is 5.99. The molecule has 0 aliphatic rings. The van der Waals surface area contributed by atoms with E-state index < -0.39 is 11.4 Å². The summed E-state index contributed by atoms with van der Waals surface area (Å²) in [4.78, 5) is 11.2. The van der Waals surface area contributed by atoms with E-state index in [-0.39, 0.29) is 0 Å². The number of hydrogen-bond donors (Lipinski definition) is 1. The molecule has 0 fully saturated rings. The van der Waals surface area contributed by atoms with Crippen LogP contribution in [-0.2, 0) is 10.2 Å². The van der Waals surface area contributed by atoms with Crippen LogP contribution in [0.5, 0.6) is 5.75 Å². The van der Waals surface area contributed by atoms with Crippen LogP contribution >= 0.6 is 11.6 Å². The second-order valence-corrected chi connectivity index (χ2v) is 4.64. The van der Waals surface area contributed by atoms with E-state index in [0.717, 1.165) is 5.56 Å². The third-order valence-corrected chi connectivity index (χ3v) is 3.00. The molecule has 1 rings (SSSR count). The molecule has 0 saturated heterocycles. The Kier molecular flexibility index (Phi) is 3.48. The molecule has 16 heavy (non-hydrogen) atoms. The van der Waals surface area contributed by atoms with Gasteiger partial charge in [0, 0.05) is 0 Å². The number of hydrogen-bond acceptors (Lipinski definition) is 2. The summed E-state index contributed by atoms with van der Waals surface area (Å²) in [6, 6.07) is 3.41. The van der Waals surface area contributed by atoms with Gasteiger partial charge in [0.15, 0.2) is 0 Å². The minimum atomic E-state index is -0.958. The first-order chi connectivity index (χ1) is 7.30. The third-order valence-electron chi connectivity index (χ3n) is 2.71. The summed E-state index contributed by atoms with van der Waals surface area (Å²) in [5, 5.41) is 9.59. The molecule has 0 radical (unpaired) electrons. The van der Waals surface area contributed by atoms with Crippen molar-refractivity contribution < 1.29 is 14.6 Å². The van der Waals surface area contributed by atoms with E-state index in [4.69, 9.17) is 21.4 Å². The van der Waals surface area contributed by atoms with Crippen molar-refractivity contribution >= 4 is 17.6 Å². The van der Waals surface area contributed by atoms with Crippen LogP contribution in [0.2, 0.25) is 5.02 Å². The van der Waals surface area contributed by atoms with E-state index >= 15 is 0 Å². The molecule has 4 heteroatoms. The molecule has 0 unspecified atom stereocenters. The van der Waals surface area contributed by atoms with Crippen LogP contribution in [0.15, 0.2) is 12.1 Å². The van der Waals surface area contributed by atoms with Gasteiger partial charge in [0.1, 0.15) is 5.75 Å². The minimum Gasteiger partial charge on any atom is -0.495 e. The number of carboxylic acids is 1. The van der Waals surface area contributed by atoms with Gasteiger partial charge in [-0.2, -0.15) is 0 Å². The van der Waals surface area contributed by atoms with Crippen LogP contribution in [-0.4, -0.2) is 18.2 Å². The lowest BCUT2D eigenvalue weighted by Crippen LogP contribution is -2.29. The highest BCUT2D eigenvalue weighted by molar-refractivity contribution is 6.32. The SMILES string of the molecule is COc1cc(C)c(C(C)(C)C(=O)O)cc1Cl. The van der Waals surface area contributed by atoms with Crippen molar-refractivity contribution in [1.29, 1.82) is 0 Å². The molecular weight excluding hydrogens is 228 g/mol. The summed E-state index contributed by atoms with van der Waals surface area (Å²) in [6.45, 7) is 5.15. The van der Waals surface area contributed by atoms with Crippen LogP contribution in [0.3, 0.4) is 0 Å². The van der Waals surface area contributed by atoms with Crippen LogP contribution in [0.1, 0.15) is 25.0 Å². The summed E-state index contributed by atoms with van der Waals surface area (Å²) < 4.78 is 5.07. The van der Waals surface area contributed by atoms with Crippen molar-refractivity contribution in [2.24, 2.45) is 0 Å². The van der Waals surface area contributed by atoms with Gasteiger partial charge in [-0.25, -0.2) is 0 Å². The van der Waals surface area contributed by atoms with Gasteiger partial charge in [-0.05, 0) is 44.0 Å². The topological polar surface area (TPSA) is 46.5 Å². The van der Waals surface area contributed by atoms with Gasteiger partial charge in [0.05, 0.1) is 17.5 Å². The zero-order valence-corrected chi connectivity index (χ0v) is 10.6. The predicted octanol–water partition coefficient (Wildman–Crippen LogP) is 3.02. The Hall–Kier alpha value is -1.22. The number of benzene rings is 1. The fourth-order valence-corrected chi connectivity index (χ4v) is 1.84. The maximum atomic E-state index is 11.2. The number of carboxylic acid groups (broad SMARTS) is 1. The highest BCUT2D eigenvalue weighted by Crippen LogP contribution is 2.34. The summed E-state index contributed by atoms with van der Waals surface area (Å²) in [7, 11) is 1.53. The fourth-order valence-electron chi connectivity index (χ4n) is 1.60. The van der Waals surface area contributed by atoms with Crippen molar-refractivity contribution in [3.8, 4) is 5.75 Å². The molecule has 0 spiro atoms. The molecule has 1 aromatic carbocycles. The quantitative estimate of drug-likeness (QED) is 0.886. The first-order valence-corrected chi connectivity index (χ1v) is 5.26. The smallest absolute Gasteiger partial charge is 0.313 e. The van der Waals surface area contributed by atoms with E-state index in [1.165, 1.54) is 7.11 Å². The number of aryl methyl sites for hydroxylation is 1. The van der Waals surface area contributed by atoms with E-state index in [9.17, 15) is 4.79 Å². The van der Waals surface area contributed by atoms with Crippen molar-refractivity contribution in [2.75, 3.05) is 7.11 Å². The largest absolute Gasteiger partial charge is 0.495 e. The van der Waals surface area contributed by atoms with Crippen molar-refractivity contribution in [3.63, 3.8) is 0 Å². The molecule has 88 valence electrons. The standard InChI is InChI=1S/C12H15ClO3/c1-7-5-10(16-4)9(13)6-8(7)12(2,3)11(14)15/h5-6H,1-4H3,(H,14,15). The Morgan fingerprint density at radius 1 is 1.44 bits per heavy atom. The third kappa shape index (κ3) is 2.14. The monoisotopic (exact) mass is 242 g/mol. The van der Waals surface area contributed by atoms with Gasteiger partial charge in [0.2, 0.25) is 0 Å². The van der Waals surface area contributed by atoms with E-state index in [1.807, 2.05) is 6.92 Å². The Morgan fingerprint density at radius 3 is 2.44 bits per heavy atom. The number of carbonyl (C=O) groups is 1. The zero-order valence-electron chi connectivity index (χ0n) is 9.80. The lowest BCUT2D eigenvalue weighted by atomic mass is 9.82. The maximum Gasteiger partial charge on any atom is 0.313 e. The molecule has 0 aliphatic carbocycles. The molecule has 1 aromatic rings. The molecule has 0 amide bonds. The highest BCUT2D eigenvalue weighted by atomic mass is 35.5. The van der Waals surface area contributed by atoms with Crippen LogP contribution in [0, 0.1) is 6.92 Å². The normalized spacial score (nSPS) is 11.3. The van der Waals surface area contributed by atoms with Crippen molar-refractivity contribution in [2.45, 2.75) is 26.2 Å². The lowest BCUT2D eigenvalue weighted by molar-refractivity contribution is -0.142. The molecule has 0 saturated carbocycles. The molecule has 3 nitrogen and oxygen atoms in total.